The van der Waals surface area contributed by atoms with Gasteiger partial charge in [0.25, 0.3) is 5.91 Å². The van der Waals surface area contributed by atoms with Crippen LogP contribution in [-0.2, 0) is 4.79 Å². The van der Waals surface area contributed by atoms with E-state index in [4.69, 9.17) is 11.6 Å². The van der Waals surface area contributed by atoms with E-state index in [2.05, 4.69) is 10.3 Å². The molecule has 1 aromatic carbocycles. The lowest BCUT2D eigenvalue weighted by atomic mass is 9.96. The molecule has 2 rings (SSSR count). The molecule has 0 spiro atoms. The van der Waals surface area contributed by atoms with Crippen molar-refractivity contribution in [2.24, 2.45) is 10.9 Å². The molecule has 1 unspecified atom stereocenters. The summed E-state index contributed by atoms with van der Waals surface area (Å²) in [5, 5.41) is 4.34. The van der Waals surface area contributed by atoms with Crippen LogP contribution in [0.3, 0.4) is 0 Å². The van der Waals surface area contributed by atoms with E-state index in [1.54, 1.807) is 6.07 Å². The molecule has 1 aromatic rings. The van der Waals surface area contributed by atoms with Gasteiger partial charge in [-0.05, 0) is 25.0 Å². The number of rotatable bonds is 2. The SMILES string of the molecule is CC(C)C1(C)SC(Nc2ccccc2Cl)=NC1=O. The van der Waals surface area contributed by atoms with Gasteiger partial charge in [0.1, 0.15) is 4.75 Å². The lowest BCUT2D eigenvalue weighted by Gasteiger charge is -2.24. The molecule has 96 valence electrons. The van der Waals surface area contributed by atoms with Gasteiger partial charge in [0.15, 0.2) is 5.17 Å². The maximum absolute atomic E-state index is 11.9. The summed E-state index contributed by atoms with van der Waals surface area (Å²) in [6.45, 7) is 5.98. The highest BCUT2D eigenvalue weighted by Gasteiger charge is 2.43. The number of thioether (sulfide) groups is 1. The van der Waals surface area contributed by atoms with Crippen molar-refractivity contribution in [3.63, 3.8) is 0 Å². The number of carbonyl (C=O) groups excluding carboxylic acids is 1. The Kier molecular flexibility index (Phi) is 3.69. The molecule has 0 radical (unpaired) electrons. The average molecular weight is 283 g/mol. The van der Waals surface area contributed by atoms with Gasteiger partial charge in [-0.25, -0.2) is 0 Å². The van der Waals surface area contributed by atoms with Crippen molar-refractivity contribution in [2.75, 3.05) is 5.32 Å². The summed E-state index contributed by atoms with van der Waals surface area (Å²) in [6, 6.07) is 7.41. The number of hydrogen-bond acceptors (Lipinski definition) is 3. The molecular weight excluding hydrogens is 268 g/mol. The number of hydrogen-bond donors (Lipinski definition) is 1. The molecule has 1 heterocycles. The van der Waals surface area contributed by atoms with Gasteiger partial charge < -0.3 is 5.32 Å². The van der Waals surface area contributed by atoms with E-state index in [1.807, 2.05) is 39.0 Å². The molecule has 1 atom stereocenters. The second-order valence-corrected chi connectivity index (χ2v) is 6.54. The average Bonchev–Trinajstić information content (AvgIpc) is 2.59. The number of halogens is 1. The number of amides is 1. The van der Waals surface area contributed by atoms with Gasteiger partial charge >= 0.3 is 0 Å². The molecule has 1 N–H and O–H groups in total. The summed E-state index contributed by atoms with van der Waals surface area (Å²) in [5.41, 5.74) is 0.770. The van der Waals surface area contributed by atoms with Crippen molar-refractivity contribution < 1.29 is 4.79 Å². The van der Waals surface area contributed by atoms with Crippen molar-refractivity contribution in [3.05, 3.63) is 29.3 Å². The number of nitrogens with one attached hydrogen (secondary N) is 1. The fourth-order valence-corrected chi connectivity index (χ4v) is 2.81. The molecular formula is C13H15ClN2OS. The topological polar surface area (TPSA) is 41.5 Å². The molecule has 0 saturated heterocycles. The molecule has 0 saturated carbocycles. The van der Waals surface area contributed by atoms with Crippen molar-refractivity contribution in [1.82, 2.24) is 0 Å². The van der Waals surface area contributed by atoms with Crippen molar-refractivity contribution in [2.45, 2.75) is 25.5 Å². The predicted octanol–water partition coefficient (Wildman–Crippen LogP) is 3.80. The van der Waals surface area contributed by atoms with Gasteiger partial charge in [-0.2, -0.15) is 4.99 Å². The van der Waals surface area contributed by atoms with E-state index in [0.29, 0.717) is 10.2 Å². The Morgan fingerprint density at radius 2 is 2.06 bits per heavy atom. The van der Waals surface area contributed by atoms with Crippen LogP contribution in [0.5, 0.6) is 0 Å². The Hall–Kier alpha value is -1.00. The minimum atomic E-state index is -0.483. The zero-order valence-electron chi connectivity index (χ0n) is 10.5. The Labute approximate surface area is 116 Å². The highest BCUT2D eigenvalue weighted by molar-refractivity contribution is 8.16. The minimum absolute atomic E-state index is 0.0861. The zero-order chi connectivity index (χ0) is 13.3. The number of benzene rings is 1. The van der Waals surface area contributed by atoms with Crippen LogP contribution in [0, 0.1) is 5.92 Å². The molecule has 0 bridgehead atoms. The first-order valence-corrected chi connectivity index (χ1v) is 6.96. The molecule has 1 aliphatic rings. The molecule has 0 aliphatic carbocycles. The van der Waals surface area contributed by atoms with E-state index in [1.165, 1.54) is 11.8 Å². The van der Waals surface area contributed by atoms with Gasteiger partial charge in [-0.1, -0.05) is 49.3 Å². The summed E-state index contributed by atoms with van der Waals surface area (Å²) in [5.74, 6) is 0.140. The standard InChI is InChI=1S/C13H15ClN2OS/c1-8(2)13(3)11(17)16-12(18-13)15-10-7-5-4-6-9(10)14/h4-8H,1-3H3,(H,15,16,17). The monoisotopic (exact) mass is 282 g/mol. The molecule has 5 heteroatoms. The van der Waals surface area contributed by atoms with Crippen LogP contribution in [0.1, 0.15) is 20.8 Å². The first-order valence-electron chi connectivity index (χ1n) is 5.77. The molecule has 1 amide bonds. The number of nitrogens with zero attached hydrogens (tertiary/aromatic N) is 1. The number of carbonyl (C=O) groups is 1. The number of amidine groups is 1. The van der Waals surface area contributed by atoms with Crippen LogP contribution in [0.25, 0.3) is 0 Å². The van der Waals surface area contributed by atoms with E-state index in [0.717, 1.165) is 5.69 Å². The third-order valence-electron chi connectivity index (χ3n) is 3.15. The Morgan fingerprint density at radius 1 is 1.39 bits per heavy atom. The third kappa shape index (κ3) is 2.40. The summed E-state index contributed by atoms with van der Waals surface area (Å²) >= 11 is 7.52. The van der Waals surface area contributed by atoms with Crippen molar-refractivity contribution in [1.29, 1.82) is 0 Å². The van der Waals surface area contributed by atoms with Crippen LogP contribution in [0.4, 0.5) is 5.69 Å². The lowest BCUT2D eigenvalue weighted by molar-refractivity contribution is -0.120. The maximum atomic E-state index is 11.9. The summed E-state index contributed by atoms with van der Waals surface area (Å²) in [7, 11) is 0. The van der Waals surface area contributed by atoms with Crippen LogP contribution in [0.2, 0.25) is 5.02 Å². The largest absolute Gasteiger partial charge is 0.333 e. The van der Waals surface area contributed by atoms with Crippen molar-refractivity contribution >= 4 is 40.1 Å². The van der Waals surface area contributed by atoms with Crippen LogP contribution in [-0.4, -0.2) is 15.8 Å². The number of aliphatic imine (C=N–C) groups is 1. The van der Waals surface area contributed by atoms with E-state index in [-0.39, 0.29) is 11.8 Å². The van der Waals surface area contributed by atoms with Gasteiger partial charge in [-0.15, -0.1) is 0 Å². The number of anilines is 1. The lowest BCUT2D eigenvalue weighted by Crippen LogP contribution is -2.33. The fourth-order valence-electron chi connectivity index (χ4n) is 1.57. The molecule has 18 heavy (non-hydrogen) atoms. The Balaban J connectivity index is 2.17. The highest BCUT2D eigenvalue weighted by atomic mass is 35.5. The third-order valence-corrected chi connectivity index (χ3v) is 4.94. The summed E-state index contributed by atoms with van der Waals surface area (Å²) in [4.78, 5) is 16.0. The van der Waals surface area contributed by atoms with E-state index in [9.17, 15) is 4.79 Å². The van der Waals surface area contributed by atoms with Crippen LogP contribution in [0.15, 0.2) is 29.3 Å². The summed E-state index contributed by atoms with van der Waals surface area (Å²) in [6.07, 6.45) is 0. The van der Waals surface area contributed by atoms with Crippen LogP contribution >= 0.6 is 23.4 Å². The quantitative estimate of drug-likeness (QED) is 0.897. The van der Waals surface area contributed by atoms with Gasteiger partial charge in [0.05, 0.1) is 10.7 Å². The first kappa shape index (κ1) is 13.4. The molecule has 1 aliphatic heterocycles. The Bertz CT molecular complexity index is 515. The molecule has 3 nitrogen and oxygen atoms in total. The second-order valence-electron chi connectivity index (χ2n) is 4.69. The first-order chi connectivity index (χ1) is 8.43. The highest BCUT2D eigenvalue weighted by Crippen LogP contribution is 2.40. The van der Waals surface area contributed by atoms with E-state index >= 15 is 0 Å². The normalized spacial score (nSPS) is 23.4. The zero-order valence-corrected chi connectivity index (χ0v) is 12.1. The van der Waals surface area contributed by atoms with Crippen molar-refractivity contribution in [3.8, 4) is 0 Å². The van der Waals surface area contributed by atoms with Gasteiger partial charge in [0, 0.05) is 0 Å². The molecule has 0 aromatic heterocycles. The number of para-hydroxylation sites is 1. The second kappa shape index (κ2) is 4.94. The van der Waals surface area contributed by atoms with Gasteiger partial charge in [0.2, 0.25) is 0 Å². The smallest absolute Gasteiger partial charge is 0.264 e. The van der Waals surface area contributed by atoms with Gasteiger partial charge in [-0.3, -0.25) is 4.79 Å². The fraction of sp³-hybridized carbons (Fsp3) is 0.385. The maximum Gasteiger partial charge on any atom is 0.264 e. The summed E-state index contributed by atoms with van der Waals surface area (Å²) < 4.78 is -0.483. The molecule has 0 fully saturated rings. The van der Waals surface area contributed by atoms with Crippen LogP contribution < -0.4 is 5.32 Å². The minimum Gasteiger partial charge on any atom is -0.333 e. The van der Waals surface area contributed by atoms with E-state index < -0.39 is 4.75 Å². The Morgan fingerprint density at radius 3 is 2.61 bits per heavy atom. The predicted molar refractivity (Wildman–Crippen MR) is 78.4 cm³/mol.